The van der Waals surface area contributed by atoms with Crippen molar-refractivity contribution in [2.45, 2.75) is 84.2 Å². The summed E-state index contributed by atoms with van der Waals surface area (Å²) in [5.41, 5.74) is 8.91. The summed E-state index contributed by atoms with van der Waals surface area (Å²) in [6.45, 7) is 9.12. The SMILES string of the molecule is C#Cc1ccc(CNC(=O)[C@H](CC(C)C)NC(=O)[C@H](Cc2ccccc2)NC(=O)CNC(=O)CNC(=O)[C@@H](N)Cc2ccc(OC(C)(C)C)cc2)cc1. The van der Waals surface area contributed by atoms with Crippen molar-refractivity contribution in [3.63, 3.8) is 0 Å². The minimum Gasteiger partial charge on any atom is -0.488 e. The standard InChI is InChI=1S/C41H52N6O6/c1-7-28-13-15-31(16-14-28)24-44-39(51)34(21-27(2)3)47-40(52)35(23-29-11-9-8-10-12-29)46-37(49)26-43-36(48)25-45-38(50)33(42)22-30-17-19-32(20-18-30)53-41(4,5)6/h1,8-20,27,33-35H,21-26,42H2,2-6H3,(H,43,48)(H,44,51)(H,45,50)(H,46,49)(H,47,52)/t33-,34-,35-/m0/s1. The first-order chi connectivity index (χ1) is 25.1. The first-order valence-electron chi connectivity index (χ1n) is 17.7. The van der Waals surface area contributed by atoms with E-state index in [1.165, 1.54) is 0 Å². The van der Waals surface area contributed by atoms with Gasteiger partial charge in [0.1, 0.15) is 23.4 Å². The molecule has 0 aliphatic rings. The lowest BCUT2D eigenvalue weighted by atomic mass is 10.0. The molecule has 3 atom stereocenters. The van der Waals surface area contributed by atoms with Crippen LogP contribution in [-0.4, -0.2) is 66.4 Å². The summed E-state index contributed by atoms with van der Waals surface area (Å²) >= 11 is 0. The molecule has 0 radical (unpaired) electrons. The quantitative estimate of drug-likeness (QED) is 0.109. The van der Waals surface area contributed by atoms with Crippen molar-refractivity contribution >= 4 is 29.5 Å². The molecule has 0 aromatic heterocycles. The molecule has 12 nitrogen and oxygen atoms in total. The van der Waals surface area contributed by atoms with Crippen molar-refractivity contribution in [3.05, 3.63) is 101 Å². The van der Waals surface area contributed by atoms with E-state index < -0.39 is 54.8 Å². The third-order valence-electron chi connectivity index (χ3n) is 7.87. The lowest BCUT2D eigenvalue weighted by molar-refractivity contribution is -0.132. The fraction of sp³-hybridized carbons (Fsp3) is 0.390. The lowest BCUT2D eigenvalue weighted by Crippen LogP contribution is -2.55. The minimum absolute atomic E-state index is 0.0772. The predicted molar refractivity (Wildman–Crippen MR) is 204 cm³/mol. The van der Waals surface area contributed by atoms with E-state index in [0.717, 1.165) is 22.3 Å². The molecule has 3 rings (SSSR count). The Bertz CT molecular complexity index is 1710. The zero-order valence-electron chi connectivity index (χ0n) is 31.2. The number of carbonyl (C=O) groups excluding carboxylic acids is 5. The van der Waals surface area contributed by atoms with E-state index >= 15 is 0 Å². The Balaban J connectivity index is 1.54. The Morgan fingerprint density at radius 3 is 1.91 bits per heavy atom. The number of rotatable bonds is 18. The van der Waals surface area contributed by atoms with Crippen LogP contribution in [0, 0.1) is 18.3 Å². The van der Waals surface area contributed by atoms with E-state index in [1.54, 1.807) is 12.1 Å². The summed E-state index contributed by atoms with van der Waals surface area (Å²) in [5.74, 6) is 0.644. The van der Waals surface area contributed by atoms with Gasteiger partial charge in [-0.25, -0.2) is 0 Å². The van der Waals surface area contributed by atoms with Crippen LogP contribution in [0.3, 0.4) is 0 Å². The highest BCUT2D eigenvalue weighted by Gasteiger charge is 2.28. The molecule has 53 heavy (non-hydrogen) atoms. The monoisotopic (exact) mass is 724 g/mol. The number of hydrogen-bond donors (Lipinski definition) is 6. The maximum atomic E-state index is 13.6. The molecule has 0 bridgehead atoms. The number of nitrogens with two attached hydrogens (primary N) is 1. The molecular formula is C41H52N6O6. The van der Waals surface area contributed by atoms with Crippen LogP contribution in [0.25, 0.3) is 0 Å². The van der Waals surface area contributed by atoms with Crippen molar-refractivity contribution in [3.8, 4) is 18.1 Å². The smallest absolute Gasteiger partial charge is 0.243 e. The zero-order chi connectivity index (χ0) is 39.0. The molecule has 12 heteroatoms. The average Bonchev–Trinajstić information content (AvgIpc) is 3.12. The Morgan fingerprint density at radius 1 is 0.698 bits per heavy atom. The zero-order valence-corrected chi connectivity index (χ0v) is 31.2. The molecule has 3 aromatic carbocycles. The topological polar surface area (TPSA) is 181 Å². The van der Waals surface area contributed by atoms with Crippen LogP contribution in [0.1, 0.15) is 63.3 Å². The fourth-order valence-electron chi connectivity index (χ4n) is 5.24. The molecule has 0 aliphatic carbocycles. The number of nitrogens with one attached hydrogen (secondary N) is 5. The highest BCUT2D eigenvalue weighted by atomic mass is 16.5. The maximum Gasteiger partial charge on any atom is 0.243 e. The van der Waals surface area contributed by atoms with E-state index in [-0.39, 0.29) is 36.8 Å². The van der Waals surface area contributed by atoms with Crippen LogP contribution >= 0.6 is 0 Å². The van der Waals surface area contributed by atoms with Gasteiger partial charge in [0.25, 0.3) is 0 Å². The number of ether oxygens (including phenoxy) is 1. The van der Waals surface area contributed by atoms with Crippen molar-refractivity contribution < 1.29 is 28.7 Å². The number of terminal acetylenes is 1. The summed E-state index contributed by atoms with van der Waals surface area (Å²) < 4.78 is 5.81. The molecule has 0 spiro atoms. The summed E-state index contributed by atoms with van der Waals surface area (Å²) in [4.78, 5) is 65.0. The molecule has 0 aliphatic heterocycles. The molecule has 0 fully saturated rings. The molecular weight excluding hydrogens is 672 g/mol. The second kappa shape index (κ2) is 20.4. The Labute approximate surface area is 312 Å². The molecule has 0 unspecified atom stereocenters. The van der Waals surface area contributed by atoms with Gasteiger partial charge in [0, 0.05) is 18.5 Å². The second-order valence-electron chi connectivity index (χ2n) is 14.2. The van der Waals surface area contributed by atoms with Crippen LogP contribution in [0.2, 0.25) is 0 Å². The number of carbonyl (C=O) groups is 5. The van der Waals surface area contributed by atoms with Crippen molar-refractivity contribution in [2.75, 3.05) is 13.1 Å². The number of hydrogen-bond acceptors (Lipinski definition) is 7. The second-order valence-corrected chi connectivity index (χ2v) is 14.2. The van der Waals surface area contributed by atoms with Crippen LogP contribution in [0.4, 0.5) is 0 Å². The van der Waals surface area contributed by atoms with E-state index in [9.17, 15) is 24.0 Å². The molecule has 3 aromatic rings. The highest BCUT2D eigenvalue weighted by Crippen LogP contribution is 2.19. The molecule has 282 valence electrons. The Morgan fingerprint density at radius 2 is 1.30 bits per heavy atom. The van der Waals surface area contributed by atoms with Crippen LogP contribution < -0.4 is 37.1 Å². The van der Waals surface area contributed by atoms with Gasteiger partial charge in [-0.3, -0.25) is 24.0 Å². The van der Waals surface area contributed by atoms with Gasteiger partial charge in [0.15, 0.2) is 0 Å². The summed E-state index contributed by atoms with van der Waals surface area (Å²) in [5, 5.41) is 13.3. The maximum absolute atomic E-state index is 13.6. The van der Waals surface area contributed by atoms with Gasteiger partial charge in [-0.05, 0) is 80.5 Å². The normalized spacial score (nSPS) is 12.7. The lowest BCUT2D eigenvalue weighted by Gasteiger charge is -2.24. The van der Waals surface area contributed by atoms with Gasteiger partial charge in [0.05, 0.1) is 19.1 Å². The van der Waals surface area contributed by atoms with E-state index in [4.69, 9.17) is 16.9 Å². The molecule has 0 heterocycles. The molecule has 7 N–H and O–H groups in total. The Hall–Kier alpha value is -5.67. The van der Waals surface area contributed by atoms with Gasteiger partial charge >= 0.3 is 0 Å². The summed E-state index contributed by atoms with van der Waals surface area (Å²) in [6.07, 6.45) is 6.18. The van der Waals surface area contributed by atoms with Crippen LogP contribution in [0.15, 0.2) is 78.9 Å². The predicted octanol–water partition coefficient (Wildman–Crippen LogP) is 2.52. The van der Waals surface area contributed by atoms with Gasteiger partial charge in [0.2, 0.25) is 29.5 Å². The summed E-state index contributed by atoms with van der Waals surface area (Å²) in [7, 11) is 0. The van der Waals surface area contributed by atoms with Gasteiger partial charge in [-0.15, -0.1) is 6.42 Å². The third-order valence-corrected chi connectivity index (χ3v) is 7.87. The average molecular weight is 725 g/mol. The van der Waals surface area contributed by atoms with Gasteiger partial charge < -0.3 is 37.1 Å². The largest absolute Gasteiger partial charge is 0.488 e. The van der Waals surface area contributed by atoms with Crippen molar-refractivity contribution in [2.24, 2.45) is 11.7 Å². The van der Waals surface area contributed by atoms with Gasteiger partial charge in [-0.1, -0.05) is 74.4 Å². The number of benzene rings is 3. The highest BCUT2D eigenvalue weighted by molar-refractivity contribution is 5.94. The first kappa shape index (κ1) is 41.7. The Kier molecular flexibility index (Phi) is 16.1. The van der Waals surface area contributed by atoms with Crippen molar-refractivity contribution in [1.29, 1.82) is 0 Å². The summed E-state index contributed by atoms with van der Waals surface area (Å²) in [6, 6.07) is 20.8. The van der Waals surface area contributed by atoms with E-state index in [0.29, 0.717) is 12.2 Å². The third kappa shape index (κ3) is 15.6. The van der Waals surface area contributed by atoms with Gasteiger partial charge in [-0.2, -0.15) is 0 Å². The fourth-order valence-corrected chi connectivity index (χ4v) is 5.24. The van der Waals surface area contributed by atoms with Crippen molar-refractivity contribution in [1.82, 2.24) is 26.6 Å². The van der Waals surface area contributed by atoms with E-state index in [2.05, 4.69) is 32.5 Å². The van der Waals surface area contributed by atoms with Crippen LogP contribution in [-0.2, 0) is 43.4 Å². The van der Waals surface area contributed by atoms with Crippen LogP contribution in [0.5, 0.6) is 5.75 Å². The minimum atomic E-state index is -1.05. The van der Waals surface area contributed by atoms with E-state index in [1.807, 2.05) is 101 Å². The number of amides is 5. The molecule has 0 saturated heterocycles. The molecule has 5 amide bonds. The molecule has 0 saturated carbocycles. The first-order valence-corrected chi connectivity index (χ1v) is 17.7.